The van der Waals surface area contributed by atoms with Gasteiger partial charge in [0.1, 0.15) is 11.4 Å². The third-order valence-corrected chi connectivity index (χ3v) is 2.88. The van der Waals surface area contributed by atoms with E-state index in [1.807, 2.05) is 0 Å². The highest BCUT2D eigenvalue weighted by Crippen LogP contribution is 2.25. The van der Waals surface area contributed by atoms with Crippen LogP contribution in [0.15, 0.2) is 30.5 Å². The molecule has 0 saturated heterocycles. The van der Waals surface area contributed by atoms with Gasteiger partial charge in [-0.3, -0.25) is 4.79 Å². The molecular weight excluding hydrogens is 355 g/mol. The van der Waals surface area contributed by atoms with E-state index < -0.39 is 18.0 Å². The molecule has 140 valence electrons. The Kier molecular flexibility index (Phi) is 6.21. The molecule has 10 heteroatoms. The summed E-state index contributed by atoms with van der Waals surface area (Å²) in [6, 6.07) is 4.59. The number of aromatic nitrogens is 2. The summed E-state index contributed by atoms with van der Waals surface area (Å²) in [6.07, 6.45) is -3.47. The predicted molar refractivity (Wildman–Crippen MR) is 85.4 cm³/mol. The Balaban J connectivity index is 2.13. The highest BCUT2D eigenvalue weighted by atomic mass is 19.4. The van der Waals surface area contributed by atoms with Crippen molar-refractivity contribution < 1.29 is 32.2 Å². The van der Waals surface area contributed by atoms with Crippen LogP contribution in [0.3, 0.4) is 0 Å². The number of rotatable bonds is 7. The van der Waals surface area contributed by atoms with E-state index in [1.54, 1.807) is 13.8 Å². The summed E-state index contributed by atoms with van der Waals surface area (Å²) in [5, 5.41) is 2.54. The van der Waals surface area contributed by atoms with Crippen LogP contribution >= 0.6 is 0 Å². The molecule has 0 aliphatic rings. The zero-order valence-electron chi connectivity index (χ0n) is 14.0. The van der Waals surface area contributed by atoms with Gasteiger partial charge in [0.2, 0.25) is 5.88 Å². The molecule has 0 atom stereocenters. The van der Waals surface area contributed by atoms with Crippen LogP contribution in [0, 0.1) is 0 Å². The van der Waals surface area contributed by atoms with Gasteiger partial charge in [-0.1, -0.05) is 0 Å². The van der Waals surface area contributed by atoms with Crippen molar-refractivity contribution in [3.05, 3.63) is 36.0 Å². The first-order valence-electron chi connectivity index (χ1n) is 7.62. The summed E-state index contributed by atoms with van der Waals surface area (Å²) in [5.41, 5.74) is 0.326. The molecule has 0 aliphatic carbocycles. The molecule has 1 aromatic carbocycles. The average Bonchev–Trinajstić information content (AvgIpc) is 2.57. The lowest BCUT2D eigenvalue weighted by Crippen LogP contribution is -2.17. The van der Waals surface area contributed by atoms with Crippen LogP contribution in [0.25, 0.3) is 0 Å². The maximum Gasteiger partial charge on any atom is 0.573 e. The number of anilines is 1. The van der Waals surface area contributed by atoms with Crippen LogP contribution in [0.4, 0.5) is 18.9 Å². The number of nitrogens with one attached hydrogen (secondary N) is 1. The third kappa shape index (κ3) is 5.50. The lowest BCUT2D eigenvalue weighted by Gasteiger charge is -2.12. The first kappa shape index (κ1) is 19.3. The average molecular weight is 371 g/mol. The number of ether oxygens (including phenoxy) is 3. The van der Waals surface area contributed by atoms with Crippen LogP contribution in [-0.4, -0.2) is 35.5 Å². The third-order valence-electron chi connectivity index (χ3n) is 2.88. The highest BCUT2D eigenvalue weighted by molar-refractivity contribution is 6.04. The van der Waals surface area contributed by atoms with Crippen molar-refractivity contribution in [2.24, 2.45) is 0 Å². The quantitative estimate of drug-likeness (QED) is 0.803. The van der Waals surface area contributed by atoms with Crippen molar-refractivity contribution in [3.63, 3.8) is 0 Å². The second-order valence-corrected chi connectivity index (χ2v) is 4.76. The van der Waals surface area contributed by atoms with Gasteiger partial charge in [0.15, 0.2) is 0 Å². The van der Waals surface area contributed by atoms with Gasteiger partial charge >= 0.3 is 12.4 Å². The molecule has 0 radical (unpaired) electrons. The number of carbonyl (C=O) groups excluding carboxylic acids is 1. The zero-order valence-corrected chi connectivity index (χ0v) is 14.0. The molecule has 1 heterocycles. The van der Waals surface area contributed by atoms with Gasteiger partial charge in [0.05, 0.1) is 19.4 Å². The summed E-state index contributed by atoms with van der Waals surface area (Å²) < 4.78 is 50.7. The maximum atomic E-state index is 12.3. The summed E-state index contributed by atoms with van der Waals surface area (Å²) in [5.74, 6) is -0.873. The van der Waals surface area contributed by atoms with Gasteiger partial charge in [0, 0.05) is 5.56 Å². The normalized spacial score (nSPS) is 11.0. The van der Waals surface area contributed by atoms with Crippen LogP contribution in [-0.2, 0) is 0 Å². The highest BCUT2D eigenvalue weighted by Gasteiger charge is 2.31. The van der Waals surface area contributed by atoms with Crippen molar-refractivity contribution in [1.29, 1.82) is 0 Å². The van der Waals surface area contributed by atoms with E-state index in [1.165, 1.54) is 18.3 Å². The Morgan fingerprint density at radius 1 is 1.12 bits per heavy atom. The molecule has 7 nitrogen and oxygen atoms in total. The van der Waals surface area contributed by atoms with Gasteiger partial charge < -0.3 is 19.5 Å². The minimum Gasteiger partial charge on any atom is -0.476 e. The Morgan fingerprint density at radius 2 is 1.77 bits per heavy atom. The molecule has 0 unspecified atom stereocenters. The molecule has 0 aliphatic heterocycles. The molecule has 1 amide bonds. The predicted octanol–water partition coefficient (Wildman–Crippen LogP) is 3.42. The standard InChI is InChI=1S/C16H16F3N3O4/c1-3-24-14-12(9-20-15(22-14)25-4-2)21-13(23)10-5-7-11(8-6-10)26-16(17,18)19/h5-9H,3-4H2,1-2H3,(H,21,23). The second kappa shape index (κ2) is 8.37. The van der Waals surface area contributed by atoms with E-state index in [0.717, 1.165) is 12.1 Å². The molecule has 26 heavy (non-hydrogen) atoms. The molecule has 2 rings (SSSR count). The van der Waals surface area contributed by atoms with E-state index in [-0.39, 0.29) is 23.1 Å². The fraction of sp³-hybridized carbons (Fsp3) is 0.312. The van der Waals surface area contributed by atoms with E-state index in [2.05, 4.69) is 20.0 Å². The van der Waals surface area contributed by atoms with Crippen molar-refractivity contribution in [3.8, 4) is 17.6 Å². The zero-order chi connectivity index (χ0) is 19.2. The Bertz CT molecular complexity index is 751. The first-order chi connectivity index (χ1) is 12.3. The number of amides is 1. The lowest BCUT2D eigenvalue weighted by molar-refractivity contribution is -0.274. The second-order valence-electron chi connectivity index (χ2n) is 4.76. The summed E-state index contributed by atoms with van der Waals surface area (Å²) in [7, 11) is 0. The Morgan fingerprint density at radius 3 is 2.35 bits per heavy atom. The van der Waals surface area contributed by atoms with E-state index in [9.17, 15) is 18.0 Å². The molecule has 0 saturated carbocycles. The lowest BCUT2D eigenvalue weighted by atomic mass is 10.2. The summed E-state index contributed by atoms with van der Waals surface area (Å²) in [4.78, 5) is 20.2. The number of nitrogens with zero attached hydrogens (tertiary/aromatic N) is 2. The van der Waals surface area contributed by atoms with Crippen molar-refractivity contribution in [1.82, 2.24) is 9.97 Å². The number of alkyl halides is 3. The number of hydrogen-bond acceptors (Lipinski definition) is 6. The van der Waals surface area contributed by atoms with E-state index >= 15 is 0 Å². The molecule has 0 bridgehead atoms. The minimum atomic E-state index is -4.80. The molecule has 2 aromatic rings. The van der Waals surface area contributed by atoms with E-state index in [0.29, 0.717) is 13.2 Å². The number of benzene rings is 1. The van der Waals surface area contributed by atoms with Gasteiger partial charge in [0.25, 0.3) is 5.91 Å². The SMILES string of the molecule is CCOc1ncc(NC(=O)c2ccc(OC(F)(F)F)cc2)c(OCC)n1. The van der Waals surface area contributed by atoms with Gasteiger partial charge in [-0.15, -0.1) is 13.2 Å². The summed E-state index contributed by atoms with van der Waals surface area (Å²) in [6.45, 7) is 4.18. The summed E-state index contributed by atoms with van der Waals surface area (Å²) >= 11 is 0. The fourth-order valence-corrected chi connectivity index (χ4v) is 1.88. The maximum absolute atomic E-state index is 12.3. The van der Waals surface area contributed by atoms with Crippen LogP contribution in [0.1, 0.15) is 24.2 Å². The van der Waals surface area contributed by atoms with Crippen LogP contribution in [0.5, 0.6) is 17.6 Å². The molecule has 0 fully saturated rings. The topological polar surface area (TPSA) is 82.6 Å². The van der Waals surface area contributed by atoms with Gasteiger partial charge in [-0.2, -0.15) is 4.98 Å². The fourth-order valence-electron chi connectivity index (χ4n) is 1.88. The van der Waals surface area contributed by atoms with E-state index in [4.69, 9.17) is 9.47 Å². The minimum absolute atomic E-state index is 0.0996. The van der Waals surface area contributed by atoms with Crippen molar-refractivity contribution >= 4 is 11.6 Å². The smallest absolute Gasteiger partial charge is 0.476 e. The van der Waals surface area contributed by atoms with Crippen LogP contribution < -0.4 is 19.5 Å². The Labute approximate surface area is 147 Å². The van der Waals surface area contributed by atoms with Crippen LogP contribution in [0.2, 0.25) is 0 Å². The van der Waals surface area contributed by atoms with Gasteiger partial charge in [-0.25, -0.2) is 4.98 Å². The Hall–Kier alpha value is -3.04. The largest absolute Gasteiger partial charge is 0.573 e. The number of hydrogen-bond donors (Lipinski definition) is 1. The number of carbonyl (C=O) groups is 1. The molecular formula is C16H16F3N3O4. The molecule has 1 N–H and O–H groups in total. The van der Waals surface area contributed by atoms with Crippen molar-refractivity contribution in [2.75, 3.05) is 18.5 Å². The molecule has 1 aromatic heterocycles. The first-order valence-corrected chi connectivity index (χ1v) is 7.62. The van der Waals surface area contributed by atoms with Gasteiger partial charge in [-0.05, 0) is 38.1 Å². The molecule has 0 spiro atoms. The monoisotopic (exact) mass is 371 g/mol. The number of halogens is 3. The van der Waals surface area contributed by atoms with Crippen molar-refractivity contribution in [2.45, 2.75) is 20.2 Å².